The number of aromatic nitrogens is 3. The van der Waals surface area contributed by atoms with Crippen LogP contribution >= 0.6 is 47.8 Å². The summed E-state index contributed by atoms with van der Waals surface area (Å²) in [4.78, 5) is 117. The average molecular weight is 1760 g/mol. The highest BCUT2D eigenvalue weighted by atomic mass is 79.9. The van der Waals surface area contributed by atoms with Crippen molar-refractivity contribution in [3.05, 3.63) is 347 Å². The van der Waals surface area contributed by atoms with E-state index in [0.29, 0.717) is 39.2 Å². The van der Waals surface area contributed by atoms with E-state index in [1.54, 1.807) is 137 Å². The smallest absolute Gasteiger partial charge is 0.328 e. The van der Waals surface area contributed by atoms with Crippen molar-refractivity contribution in [2.45, 2.75) is 58.0 Å². The maximum Gasteiger partial charge on any atom is 0.328 e. The van der Waals surface area contributed by atoms with E-state index in [2.05, 4.69) is 83.4 Å². The summed E-state index contributed by atoms with van der Waals surface area (Å²) < 4.78 is 4.39. The first-order chi connectivity index (χ1) is 56.1. The predicted octanol–water partition coefficient (Wildman–Crippen LogP) is 14.5. The molecule has 6 amide bonds. The highest BCUT2D eigenvalue weighted by Crippen LogP contribution is 2.33. The van der Waals surface area contributed by atoms with Crippen LogP contribution in [0.3, 0.4) is 0 Å². The van der Waals surface area contributed by atoms with Crippen LogP contribution in [0.4, 0.5) is 28.4 Å². The number of carboxylic acid groups (broad SMARTS) is 1. The number of nitrogen functional groups attached to an aromatic ring is 1. The van der Waals surface area contributed by atoms with Crippen LogP contribution in [0.5, 0.6) is 0 Å². The van der Waals surface area contributed by atoms with Crippen molar-refractivity contribution in [3.63, 3.8) is 0 Å². The van der Waals surface area contributed by atoms with E-state index >= 15 is 0 Å². The topological polar surface area (TPSA) is 363 Å². The molecule has 0 saturated carbocycles. The number of benzene rings is 11. The maximum absolute atomic E-state index is 12.4. The minimum atomic E-state index is -0.974. The summed E-state index contributed by atoms with van der Waals surface area (Å²) in [7, 11) is 5.24. The number of hydrogen-bond acceptors (Lipinski definition) is 16. The fourth-order valence-electron chi connectivity index (χ4n) is 12.7. The Labute approximate surface area is 700 Å². The second-order valence-corrected chi connectivity index (χ2v) is 29.8. The fraction of sp³-hybridized carbons (Fsp3) is 0.133. The fourth-order valence-corrected chi connectivity index (χ4v) is 13.5. The van der Waals surface area contributed by atoms with E-state index in [1.807, 2.05) is 189 Å². The third-order valence-corrected chi connectivity index (χ3v) is 20.7. The van der Waals surface area contributed by atoms with Crippen LogP contribution in [-0.2, 0) is 24.0 Å². The number of aliphatic carboxylic acids is 1. The Morgan fingerprint density at radius 1 is 0.427 bits per heavy atom. The van der Waals surface area contributed by atoms with Gasteiger partial charge in [-0.15, -0.1) is 5.10 Å². The van der Waals surface area contributed by atoms with Crippen LogP contribution in [-0.4, -0.2) is 136 Å². The van der Waals surface area contributed by atoms with Gasteiger partial charge >= 0.3 is 5.97 Å². The molecule has 0 saturated heterocycles. The first kappa shape index (κ1) is 84.6. The molecular formula is C90H80Br3N15O9. The summed E-state index contributed by atoms with van der Waals surface area (Å²) in [5.74, 6) is -2.33. The SMILES string of the molecule is CC(C(=O)O)n1nnc2ccccc21.CC1N=C(c2ccc(Br)cc2)c2ccccc2N(C)C1=O.CC1N=C(c2ccc(Br)cc2)c2ccccc2NC1=O.CC1N=C(c2ccc(C(N)=O)cc2)c2ccccc2N(C)C1=O.CN1C(=O)C(N)N=C(c2ccc(C(N)=O)cc2)c2ccccc21.Nc1ccccc1C(=O)c1ccc(Br)cc1. The number of primary amides is 2. The molecule has 11 aromatic carbocycles. The number of ketones is 1. The van der Waals surface area contributed by atoms with Gasteiger partial charge in [-0.3, -0.25) is 53.5 Å². The lowest BCUT2D eigenvalue weighted by molar-refractivity contribution is -0.140. The van der Waals surface area contributed by atoms with E-state index in [1.165, 1.54) is 9.58 Å². The third kappa shape index (κ3) is 20.1. The number of hydrogen-bond donors (Lipinski definition) is 6. The number of carbonyl (C=O) groups excluding carboxylic acids is 7. The summed E-state index contributed by atoms with van der Waals surface area (Å²) in [6.07, 6.45) is -0.974. The van der Waals surface area contributed by atoms with Crippen molar-refractivity contribution in [2.24, 2.45) is 37.2 Å². The quantitative estimate of drug-likeness (QED) is 0.0548. The van der Waals surface area contributed by atoms with Gasteiger partial charge < -0.3 is 48.1 Å². The zero-order valence-electron chi connectivity index (χ0n) is 64.4. The zero-order chi connectivity index (χ0) is 83.9. The molecule has 10 N–H and O–H groups in total. The Morgan fingerprint density at radius 2 is 0.778 bits per heavy atom. The molecular weight excluding hydrogens is 1670 g/mol. The Balaban J connectivity index is 0.000000139. The van der Waals surface area contributed by atoms with Gasteiger partial charge in [-0.25, -0.2) is 9.48 Å². The number of anilines is 5. The van der Waals surface area contributed by atoms with Gasteiger partial charge in [0.15, 0.2) is 11.9 Å². The molecule has 16 rings (SSSR count). The standard InChI is InChI=1S/C18H17N3O2.C17H15BrN2O.C17H16N4O2.C16H13BrN2O.C13H10BrNO.C9H9N3O2/c1-11-18(23)21(2)15-6-4-3-5-14(15)16(20-11)12-7-9-13(10-8-12)17(19)22;1-11-17(21)20(2)15-6-4-3-5-14(15)16(19-11)12-7-9-13(18)10-8-12;1-21-13-5-3-2-4-12(13)14(20-15(18)17(21)23)10-6-8-11(9-7-10)16(19)22;1-10-16(20)19-14-5-3-2-4-13(14)15(18-10)11-6-8-12(17)9-7-11;14-10-7-5-9(6-8-10)13(16)11-3-1-2-4-12(11)15;1-6(9(13)14)12-8-5-3-2-4-7(8)10-11-12/h3-11H,1-2H3,(H2,19,22);3-11H,1-2H3;2-9,15H,18H2,1H3,(H2,19,22);2-10H,1H3,(H,19,20);1-8H,15H2;2-6H,1H3,(H,13,14). The highest BCUT2D eigenvalue weighted by molar-refractivity contribution is 9.11. The minimum absolute atomic E-state index is 0.00885. The van der Waals surface area contributed by atoms with Crippen LogP contribution in [0.15, 0.2) is 300 Å². The number of nitrogens with two attached hydrogens (primary N) is 4. The van der Waals surface area contributed by atoms with Crippen LogP contribution in [0.1, 0.15) is 115 Å². The maximum atomic E-state index is 12.4. The molecule has 0 aliphatic carbocycles. The number of rotatable bonds is 10. The molecule has 0 bridgehead atoms. The Hall–Kier alpha value is -13.3. The molecule has 5 unspecified atom stereocenters. The van der Waals surface area contributed by atoms with Gasteiger partial charge in [0.05, 0.1) is 51.1 Å². The van der Waals surface area contributed by atoms with Crippen molar-refractivity contribution in [1.82, 2.24) is 15.0 Å². The number of fused-ring (bicyclic) bond motifs is 5. The van der Waals surface area contributed by atoms with E-state index in [-0.39, 0.29) is 35.5 Å². The zero-order valence-corrected chi connectivity index (χ0v) is 69.2. The highest BCUT2D eigenvalue weighted by Gasteiger charge is 2.31. The normalized spacial score (nSPS) is 16.0. The summed E-state index contributed by atoms with van der Waals surface area (Å²) in [5.41, 5.74) is 39.8. The summed E-state index contributed by atoms with van der Waals surface area (Å²) in [6, 6.07) is 80.1. The van der Waals surface area contributed by atoms with Gasteiger partial charge in [0.2, 0.25) is 17.7 Å². The van der Waals surface area contributed by atoms with Gasteiger partial charge in [-0.2, -0.15) is 0 Å². The van der Waals surface area contributed by atoms with Crippen molar-refractivity contribution >= 4 is 157 Å². The number of benzodiazepines with no additional fused rings is 4. The van der Waals surface area contributed by atoms with Gasteiger partial charge in [0.25, 0.3) is 17.7 Å². The molecule has 27 heteroatoms. The molecule has 0 spiro atoms. The Morgan fingerprint density at radius 3 is 1.22 bits per heavy atom. The summed E-state index contributed by atoms with van der Waals surface area (Å²) in [5, 5.41) is 19.4. The van der Waals surface area contributed by atoms with Gasteiger partial charge in [-0.05, 0) is 149 Å². The molecule has 590 valence electrons. The van der Waals surface area contributed by atoms with E-state index in [0.717, 1.165) is 103 Å². The van der Waals surface area contributed by atoms with E-state index < -0.39 is 42.1 Å². The van der Waals surface area contributed by atoms with E-state index in [9.17, 15) is 38.4 Å². The van der Waals surface area contributed by atoms with Crippen molar-refractivity contribution in [3.8, 4) is 0 Å². The molecule has 5 heterocycles. The first-order valence-electron chi connectivity index (χ1n) is 36.7. The molecule has 117 heavy (non-hydrogen) atoms. The number of nitrogens with zero attached hydrogens (tertiary/aromatic N) is 10. The number of likely N-dealkylation sites (N-methyl/N-ethyl adjacent to an activating group) is 3. The van der Waals surface area contributed by atoms with Gasteiger partial charge in [-0.1, -0.05) is 199 Å². The summed E-state index contributed by atoms with van der Waals surface area (Å²) >= 11 is 10.2. The van der Waals surface area contributed by atoms with Crippen molar-refractivity contribution in [2.75, 3.05) is 46.9 Å². The van der Waals surface area contributed by atoms with Gasteiger partial charge in [0, 0.05) is 107 Å². The van der Waals surface area contributed by atoms with Crippen LogP contribution in [0.25, 0.3) is 11.0 Å². The van der Waals surface area contributed by atoms with Gasteiger partial charge in [0.1, 0.15) is 29.7 Å². The lowest BCUT2D eigenvalue weighted by Gasteiger charge is -2.18. The van der Waals surface area contributed by atoms with E-state index in [4.69, 9.17) is 28.0 Å². The number of para-hydroxylation sites is 6. The predicted molar refractivity (Wildman–Crippen MR) is 470 cm³/mol. The van der Waals surface area contributed by atoms with Crippen molar-refractivity contribution < 1.29 is 43.5 Å². The molecule has 4 aliphatic heterocycles. The average Bonchev–Trinajstić information content (AvgIpc) is 1.70. The minimum Gasteiger partial charge on any atom is -0.480 e. The molecule has 0 radical (unpaired) electrons. The Bertz CT molecular complexity index is 5740. The number of carboxylic acids is 1. The number of carbonyl (C=O) groups is 8. The number of amides is 6. The lowest BCUT2D eigenvalue weighted by Crippen LogP contribution is -2.39. The number of aliphatic imine (C=N–C) groups is 4. The largest absolute Gasteiger partial charge is 0.480 e. The lowest BCUT2D eigenvalue weighted by atomic mass is 9.99. The molecule has 0 fully saturated rings. The number of nitrogens with one attached hydrogen (secondary N) is 1. The molecule has 4 aliphatic rings. The second kappa shape index (κ2) is 38.2. The van der Waals surface area contributed by atoms with Crippen LogP contribution < -0.4 is 43.0 Å². The Kier molecular flexibility index (Phi) is 27.6. The number of halogens is 3. The second-order valence-electron chi connectivity index (χ2n) is 27.0. The van der Waals surface area contributed by atoms with Crippen molar-refractivity contribution in [1.29, 1.82) is 0 Å². The summed E-state index contributed by atoms with van der Waals surface area (Å²) in [6.45, 7) is 7.00. The molecule has 12 aromatic rings. The molecule has 1 aromatic heterocycles. The van der Waals surface area contributed by atoms with Crippen LogP contribution in [0.2, 0.25) is 0 Å². The molecule has 24 nitrogen and oxygen atoms in total. The monoisotopic (exact) mass is 1750 g/mol. The third-order valence-electron chi connectivity index (χ3n) is 19.1. The van der Waals surface area contributed by atoms with Crippen LogP contribution in [0, 0.1) is 0 Å². The first-order valence-corrected chi connectivity index (χ1v) is 39.0. The molecule has 5 atom stereocenters.